The molecule has 2 atom stereocenters. The summed E-state index contributed by atoms with van der Waals surface area (Å²) in [5, 5.41) is 6.22. The number of nitrogens with one attached hydrogen (secondary N) is 2. The molecule has 4 N–H and O–H groups in total. The van der Waals surface area contributed by atoms with Crippen LogP contribution in [0.1, 0.15) is 36.2 Å². The van der Waals surface area contributed by atoms with Gasteiger partial charge in [-0.3, -0.25) is 4.79 Å². The number of rotatable bonds is 4. The minimum Gasteiger partial charge on any atom is -0.353 e. The fourth-order valence-corrected chi connectivity index (χ4v) is 2.56. The van der Waals surface area contributed by atoms with Gasteiger partial charge in [-0.1, -0.05) is 6.92 Å². The first-order chi connectivity index (χ1) is 10.0. The van der Waals surface area contributed by atoms with Gasteiger partial charge >= 0.3 is 0 Å². The van der Waals surface area contributed by atoms with Crippen molar-refractivity contribution in [2.75, 3.05) is 24.5 Å². The zero-order valence-corrected chi connectivity index (χ0v) is 13.0. The molecule has 0 saturated carbocycles. The second-order valence-corrected chi connectivity index (χ2v) is 5.65. The number of anilines is 1. The van der Waals surface area contributed by atoms with Crippen LogP contribution in [0.15, 0.2) is 12.3 Å². The lowest BCUT2D eigenvalue weighted by molar-refractivity contribution is 0.0941. The van der Waals surface area contributed by atoms with Crippen LogP contribution in [0, 0.1) is 6.92 Å². The van der Waals surface area contributed by atoms with Gasteiger partial charge in [0.05, 0.1) is 11.7 Å². The lowest BCUT2D eigenvalue weighted by Gasteiger charge is -2.35. The maximum absolute atomic E-state index is 12.3. The summed E-state index contributed by atoms with van der Waals surface area (Å²) in [6.07, 6.45) is 2.49. The van der Waals surface area contributed by atoms with Gasteiger partial charge in [-0.2, -0.15) is 0 Å². The van der Waals surface area contributed by atoms with Crippen molar-refractivity contribution < 1.29 is 4.79 Å². The Labute approximate surface area is 126 Å². The number of hydrogen-bond donors (Lipinski definition) is 3. The SMILES string of the molecule is CCC1CN(c2ncc(C)cc2C(=O)NC(C)N)CCN1. The standard InChI is InChI=1S/C15H25N5O/c1-4-12-9-20(6-5-17-12)14-13(7-10(2)8-18-14)15(21)19-11(3)16/h7-8,11-12,17H,4-6,9,16H2,1-3H3,(H,19,21). The van der Waals surface area contributed by atoms with Gasteiger partial charge in [-0.15, -0.1) is 0 Å². The van der Waals surface area contributed by atoms with Gasteiger partial charge in [-0.05, 0) is 31.9 Å². The van der Waals surface area contributed by atoms with Crippen LogP contribution in [0.3, 0.4) is 0 Å². The molecule has 21 heavy (non-hydrogen) atoms. The summed E-state index contributed by atoms with van der Waals surface area (Å²) in [7, 11) is 0. The van der Waals surface area contributed by atoms with Crippen molar-refractivity contribution in [2.24, 2.45) is 5.73 Å². The first kappa shape index (κ1) is 15.7. The molecule has 2 rings (SSSR count). The Hall–Kier alpha value is -1.66. The Morgan fingerprint density at radius 3 is 3.10 bits per heavy atom. The van der Waals surface area contributed by atoms with E-state index in [1.54, 1.807) is 13.1 Å². The van der Waals surface area contributed by atoms with Crippen molar-refractivity contribution >= 4 is 11.7 Å². The lowest BCUT2D eigenvalue weighted by atomic mass is 10.1. The van der Waals surface area contributed by atoms with E-state index in [0.29, 0.717) is 11.6 Å². The number of pyridine rings is 1. The molecule has 2 unspecified atom stereocenters. The molecule has 116 valence electrons. The minimum atomic E-state index is -0.378. The molecule has 0 bridgehead atoms. The quantitative estimate of drug-likeness (QED) is 0.708. The topological polar surface area (TPSA) is 83.3 Å². The number of carbonyl (C=O) groups is 1. The Morgan fingerprint density at radius 1 is 1.67 bits per heavy atom. The highest BCUT2D eigenvalue weighted by Crippen LogP contribution is 2.20. The van der Waals surface area contributed by atoms with Crippen molar-refractivity contribution in [1.29, 1.82) is 0 Å². The molecule has 6 heteroatoms. The highest BCUT2D eigenvalue weighted by Gasteiger charge is 2.23. The molecule has 1 aliphatic heterocycles. The summed E-state index contributed by atoms with van der Waals surface area (Å²) in [5.74, 6) is 0.585. The minimum absolute atomic E-state index is 0.164. The van der Waals surface area contributed by atoms with E-state index in [0.717, 1.165) is 37.4 Å². The number of piperazine rings is 1. The summed E-state index contributed by atoms with van der Waals surface area (Å²) in [6.45, 7) is 8.47. The van der Waals surface area contributed by atoms with Crippen LogP contribution in [0.4, 0.5) is 5.82 Å². The fourth-order valence-electron chi connectivity index (χ4n) is 2.56. The largest absolute Gasteiger partial charge is 0.353 e. The average Bonchev–Trinajstić information content (AvgIpc) is 2.46. The molecular formula is C15H25N5O. The number of amides is 1. The van der Waals surface area contributed by atoms with E-state index in [-0.39, 0.29) is 12.1 Å². The number of aromatic nitrogens is 1. The highest BCUT2D eigenvalue weighted by atomic mass is 16.1. The smallest absolute Gasteiger partial charge is 0.256 e. The van der Waals surface area contributed by atoms with E-state index in [4.69, 9.17) is 5.73 Å². The van der Waals surface area contributed by atoms with E-state index in [9.17, 15) is 4.79 Å². The number of aryl methyl sites for hydroxylation is 1. The van der Waals surface area contributed by atoms with Crippen LogP contribution in [-0.2, 0) is 0 Å². The summed E-state index contributed by atoms with van der Waals surface area (Å²) in [6, 6.07) is 2.31. The van der Waals surface area contributed by atoms with Gasteiger partial charge in [0.15, 0.2) is 0 Å². The van der Waals surface area contributed by atoms with E-state index >= 15 is 0 Å². The summed E-state index contributed by atoms with van der Waals surface area (Å²) in [5.41, 5.74) is 7.23. The third-order valence-electron chi connectivity index (χ3n) is 3.65. The van der Waals surface area contributed by atoms with Gasteiger partial charge in [0.2, 0.25) is 0 Å². The van der Waals surface area contributed by atoms with E-state index in [1.165, 1.54) is 0 Å². The third-order valence-corrected chi connectivity index (χ3v) is 3.65. The van der Waals surface area contributed by atoms with Crippen LogP contribution in [0.5, 0.6) is 0 Å². The van der Waals surface area contributed by atoms with Crippen molar-refractivity contribution in [3.8, 4) is 0 Å². The molecule has 1 aromatic rings. The number of nitrogens with two attached hydrogens (primary N) is 1. The molecule has 0 radical (unpaired) electrons. The molecule has 1 aliphatic rings. The molecule has 1 saturated heterocycles. The number of nitrogens with zero attached hydrogens (tertiary/aromatic N) is 2. The second-order valence-electron chi connectivity index (χ2n) is 5.65. The van der Waals surface area contributed by atoms with Crippen molar-refractivity contribution in [1.82, 2.24) is 15.6 Å². The summed E-state index contributed by atoms with van der Waals surface area (Å²) >= 11 is 0. The maximum atomic E-state index is 12.3. The molecule has 0 aliphatic carbocycles. The lowest BCUT2D eigenvalue weighted by Crippen LogP contribution is -2.51. The molecular weight excluding hydrogens is 266 g/mol. The third kappa shape index (κ3) is 3.92. The van der Waals surface area contributed by atoms with Gasteiger partial charge in [0.25, 0.3) is 5.91 Å². The van der Waals surface area contributed by atoms with Crippen LogP contribution >= 0.6 is 0 Å². The van der Waals surface area contributed by atoms with E-state index in [1.807, 2.05) is 13.0 Å². The Morgan fingerprint density at radius 2 is 2.43 bits per heavy atom. The summed E-state index contributed by atoms with van der Waals surface area (Å²) in [4.78, 5) is 19.0. The van der Waals surface area contributed by atoms with Crippen LogP contribution in [-0.4, -0.2) is 42.7 Å². The molecule has 0 aromatic carbocycles. The van der Waals surface area contributed by atoms with Crippen LogP contribution < -0.4 is 21.3 Å². The number of hydrogen-bond acceptors (Lipinski definition) is 5. The molecule has 0 spiro atoms. The monoisotopic (exact) mass is 291 g/mol. The first-order valence-corrected chi connectivity index (χ1v) is 7.52. The Kier molecular flexibility index (Phi) is 5.14. The van der Waals surface area contributed by atoms with Gasteiger partial charge in [0, 0.05) is 31.9 Å². The Bertz CT molecular complexity index is 503. The van der Waals surface area contributed by atoms with Gasteiger partial charge < -0.3 is 21.3 Å². The predicted molar refractivity (Wildman–Crippen MR) is 84.4 cm³/mol. The predicted octanol–water partition coefficient (Wildman–Crippen LogP) is 0.613. The average molecular weight is 291 g/mol. The molecule has 1 aromatic heterocycles. The van der Waals surface area contributed by atoms with Gasteiger partial charge in [-0.25, -0.2) is 4.98 Å². The van der Waals surface area contributed by atoms with Crippen molar-refractivity contribution in [3.63, 3.8) is 0 Å². The van der Waals surface area contributed by atoms with E-state index < -0.39 is 0 Å². The highest BCUT2D eigenvalue weighted by molar-refractivity contribution is 5.99. The molecule has 1 fully saturated rings. The van der Waals surface area contributed by atoms with Gasteiger partial charge in [0.1, 0.15) is 5.82 Å². The molecule has 6 nitrogen and oxygen atoms in total. The molecule has 2 heterocycles. The van der Waals surface area contributed by atoms with Crippen LogP contribution in [0.25, 0.3) is 0 Å². The van der Waals surface area contributed by atoms with Crippen LogP contribution in [0.2, 0.25) is 0 Å². The van der Waals surface area contributed by atoms with Crippen molar-refractivity contribution in [2.45, 2.75) is 39.4 Å². The second kappa shape index (κ2) is 6.87. The summed E-state index contributed by atoms with van der Waals surface area (Å²) < 4.78 is 0. The fraction of sp³-hybridized carbons (Fsp3) is 0.600. The maximum Gasteiger partial charge on any atom is 0.256 e. The van der Waals surface area contributed by atoms with E-state index in [2.05, 4.69) is 27.4 Å². The normalized spacial score (nSPS) is 20.2. The first-order valence-electron chi connectivity index (χ1n) is 7.52. The zero-order chi connectivity index (χ0) is 15.4. The molecule has 1 amide bonds. The Balaban J connectivity index is 2.28. The zero-order valence-electron chi connectivity index (χ0n) is 13.0. The van der Waals surface area contributed by atoms with Crippen molar-refractivity contribution in [3.05, 3.63) is 23.4 Å². The number of carbonyl (C=O) groups excluding carboxylic acids is 1.